The van der Waals surface area contributed by atoms with E-state index in [4.69, 9.17) is 8.84 Å². The molecule has 2 saturated carbocycles. The summed E-state index contributed by atoms with van der Waals surface area (Å²) in [6, 6.07) is 2.14. The third-order valence-electron chi connectivity index (χ3n) is 9.74. The highest BCUT2D eigenvalue weighted by atomic mass is 28.4. The lowest BCUT2D eigenvalue weighted by Gasteiger charge is -2.58. The van der Waals surface area contributed by atoms with Crippen molar-refractivity contribution in [2.45, 2.75) is 124 Å². The lowest BCUT2D eigenvalue weighted by Crippen LogP contribution is -2.51. The quantitative estimate of drug-likeness (QED) is 0.286. The van der Waals surface area contributed by atoms with Gasteiger partial charge in [0.25, 0.3) is 0 Å². The van der Waals surface area contributed by atoms with Gasteiger partial charge < -0.3 is 8.84 Å². The number of hydrogen-bond acceptors (Lipinski definition) is 2. The lowest BCUT2D eigenvalue weighted by molar-refractivity contribution is -0.0630. The molecule has 1 aromatic rings. The minimum atomic E-state index is -2.02. The molecule has 0 N–H and O–H groups in total. The Morgan fingerprint density at radius 1 is 1.06 bits per heavy atom. The summed E-state index contributed by atoms with van der Waals surface area (Å²) in [4.78, 5) is 0. The molecule has 2 aliphatic rings. The Labute approximate surface area is 199 Å². The molecule has 0 amide bonds. The van der Waals surface area contributed by atoms with Gasteiger partial charge in [0.15, 0.2) is 0 Å². The number of rotatable bonds is 8. The fraction of sp³-hybridized carbons (Fsp3) is 0.793. The van der Waals surface area contributed by atoms with Gasteiger partial charge in [-0.1, -0.05) is 80.9 Å². The minimum absolute atomic E-state index is 0.0926. The van der Waals surface area contributed by atoms with Crippen molar-refractivity contribution >= 4 is 8.32 Å². The van der Waals surface area contributed by atoms with Crippen molar-refractivity contribution in [3.8, 4) is 0 Å². The molecule has 3 rings (SSSR count). The molecule has 0 unspecified atom stereocenters. The molecular weight excluding hydrogens is 408 g/mol. The molecular formula is C29H50O2Si. The number of hydrogen-bond donors (Lipinski definition) is 0. The van der Waals surface area contributed by atoms with Gasteiger partial charge in [-0.05, 0) is 77.5 Å². The number of fused-ring (bicyclic) bond motifs is 1. The number of furan rings is 1. The standard InChI is InChI=1S/C29H50O2Si/c1-20(2)32(21(3)4,22(5)6)31-26(24-14-17-30-19-24)18-25-23(7)12-13-27-28(8,9)15-11-16-29(25,27)10/h14,17,19-22,25-27H,7,11-13,15-16,18H2,1-6,8-10H3/t25-,26-,27-,29+/m0/s1. The summed E-state index contributed by atoms with van der Waals surface area (Å²) in [5, 5.41) is 0. The van der Waals surface area contributed by atoms with Crippen molar-refractivity contribution in [1.82, 2.24) is 0 Å². The van der Waals surface area contributed by atoms with E-state index in [2.05, 4.69) is 75.0 Å². The second-order valence-corrected chi connectivity index (χ2v) is 18.3. The summed E-state index contributed by atoms with van der Waals surface area (Å²) < 4.78 is 13.0. The van der Waals surface area contributed by atoms with Gasteiger partial charge in [-0.15, -0.1) is 0 Å². The molecule has 0 aliphatic heterocycles. The Morgan fingerprint density at radius 3 is 2.22 bits per heavy atom. The minimum Gasteiger partial charge on any atom is -0.472 e. The molecule has 0 saturated heterocycles. The van der Waals surface area contributed by atoms with Crippen LogP contribution in [0.4, 0.5) is 0 Å². The third kappa shape index (κ3) is 4.45. The van der Waals surface area contributed by atoms with Crippen molar-refractivity contribution in [3.63, 3.8) is 0 Å². The average Bonchev–Trinajstić information content (AvgIpc) is 3.20. The first-order chi connectivity index (χ1) is 14.9. The van der Waals surface area contributed by atoms with Crippen molar-refractivity contribution in [2.24, 2.45) is 22.7 Å². The van der Waals surface area contributed by atoms with Crippen LogP contribution in [0.2, 0.25) is 16.6 Å². The molecule has 182 valence electrons. The first-order valence-electron chi connectivity index (χ1n) is 13.2. The summed E-state index contributed by atoms with van der Waals surface area (Å²) in [5.74, 6) is 1.28. The van der Waals surface area contributed by atoms with Crippen LogP contribution >= 0.6 is 0 Å². The molecule has 4 atom stereocenters. The van der Waals surface area contributed by atoms with Gasteiger partial charge in [-0.2, -0.15) is 0 Å². The third-order valence-corrected chi connectivity index (χ3v) is 15.8. The van der Waals surface area contributed by atoms with Gasteiger partial charge in [0, 0.05) is 5.56 Å². The normalized spacial score (nSPS) is 29.6. The first kappa shape index (κ1) is 25.8. The Hall–Kier alpha value is -0.803. The van der Waals surface area contributed by atoms with Crippen molar-refractivity contribution in [3.05, 3.63) is 36.3 Å². The molecule has 0 spiro atoms. The summed E-state index contributed by atoms with van der Waals surface area (Å²) in [6.45, 7) is 26.6. The number of allylic oxidation sites excluding steroid dienone is 1. The Morgan fingerprint density at radius 2 is 1.69 bits per heavy atom. The van der Waals surface area contributed by atoms with Crippen LogP contribution in [0.15, 0.2) is 35.2 Å². The van der Waals surface area contributed by atoms with Gasteiger partial charge in [0.2, 0.25) is 8.32 Å². The molecule has 0 radical (unpaired) electrons. The smallest absolute Gasteiger partial charge is 0.201 e. The van der Waals surface area contributed by atoms with Crippen molar-refractivity contribution in [1.29, 1.82) is 0 Å². The largest absolute Gasteiger partial charge is 0.472 e. The maximum atomic E-state index is 7.43. The highest BCUT2D eigenvalue weighted by Gasteiger charge is 2.54. The SMILES string of the molecule is C=C1CC[C@H]2C(C)(C)CCC[C@]2(C)[C@H]1C[C@H](O[Si](C(C)C)(C(C)C)C(C)C)c1ccoc1. The monoisotopic (exact) mass is 458 g/mol. The van der Waals surface area contributed by atoms with Gasteiger partial charge >= 0.3 is 0 Å². The van der Waals surface area contributed by atoms with Crippen LogP contribution in [0.1, 0.15) is 113 Å². The van der Waals surface area contributed by atoms with Crippen LogP contribution in [-0.4, -0.2) is 8.32 Å². The van der Waals surface area contributed by atoms with Gasteiger partial charge in [-0.25, -0.2) is 0 Å². The van der Waals surface area contributed by atoms with Crippen LogP contribution in [0, 0.1) is 22.7 Å². The second-order valence-electron chi connectivity index (χ2n) is 12.9. The summed E-state index contributed by atoms with van der Waals surface area (Å²) in [6.07, 6.45) is 11.4. The van der Waals surface area contributed by atoms with E-state index in [0.29, 0.717) is 33.4 Å². The average molecular weight is 459 g/mol. The molecule has 2 fully saturated rings. The Bertz CT molecular complexity index is 738. The van der Waals surface area contributed by atoms with E-state index in [1.807, 2.05) is 12.5 Å². The van der Waals surface area contributed by atoms with Crippen LogP contribution in [-0.2, 0) is 4.43 Å². The van der Waals surface area contributed by atoms with Crippen molar-refractivity contribution < 1.29 is 8.84 Å². The second kappa shape index (κ2) is 9.45. The van der Waals surface area contributed by atoms with Crippen LogP contribution < -0.4 is 0 Å². The molecule has 0 bridgehead atoms. The fourth-order valence-corrected chi connectivity index (χ4v) is 13.8. The van der Waals surface area contributed by atoms with E-state index in [1.165, 1.54) is 43.2 Å². The zero-order valence-electron chi connectivity index (χ0n) is 22.5. The predicted octanol–water partition coefficient (Wildman–Crippen LogP) is 9.70. The van der Waals surface area contributed by atoms with Crippen LogP contribution in [0.3, 0.4) is 0 Å². The van der Waals surface area contributed by atoms with Gasteiger partial charge in [0.05, 0.1) is 18.6 Å². The maximum absolute atomic E-state index is 7.43. The van der Waals surface area contributed by atoms with E-state index in [-0.39, 0.29) is 6.10 Å². The predicted molar refractivity (Wildman–Crippen MR) is 139 cm³/mol. The molecule has 0 aromatic carbocycles. The lowest BCUT2D eigenvalue weighted by atomic mass is 9.47. The highest BCUT2D eigenvalue weighted by molar-refractivity contribution is 6.77. The topological polar surface area (TPSA) is 22.4 Å². The van der Waals surface area contributed by atoms with E-state index >= 15 is 0 Å². The first-order valence-corrected chi connectivity index (χ1v) is 15.4. The molecule has 2 nitrogen and oxygen atoms in total. The van der Waals surface area contributed by atoms with Crippen molar-refractivity contribution in [2.75, 3.05) is 0 Å². The molecule has 32 heavy (non-hydrogen) atoms. The van der Waals surface area contributed by atoms with E-state index < -0.39 is 8.32 Å². The zero-order chi connectivity index (χ0) is 23.9. The van der Waals surface area contributed by atoms with E-state index in [1.54, 1.807) is 0 Å². The molecule has 3 heteroatoms. The zero-order valence-corrected chi connectivity index (χ0v) is 23.5. The Kier molecular flexibility index (Phi) is 7.62. The fourth-order valence-electron chi connectivity index (χ4n) is 8.29. The van der Waals surface area contributed by atoms with Crippen LogP contribution in [0.25, 0.3) is 0 Å². The summed E-state index contributed by atoms with van der Waals surface area (Å²) in [7, 11) is -2.02. The maximum Gasteiger partial charge on any atom is 0.201 e. The Balaban J connectivity index is 1.99. The molecule has 1 aromatic heterocycles. The van der Waals surface area contributed by atoms with E-state index in [0.717, 1.165) is 12.3 Å². The van der Waals surface area contributed by atoms with Crippen LogP contribution in [0.5, 0.6) is 0 Å². The molecule has 1 heterocycles. The molecule has 2 aliphatic carbocycles. The van der Waals surface area contributed by atoms with Gasteiger partial charge in [-0.3, -0.25) is 0 Å². The highest BCUT2D eigenvalue weighted by Crippen LogP contribution is 2.62. The summed E-state index contributed by atoms with van der Waals surface area (Å²) >= 11 is 0. The van der Waals surface area contributed by atoms with E-state index in [9.17, 15) is 0 Å². The van der Waals surface area contributed by atoms with Gasteiger partial charge in [0.1, 0.15) is 0 Å². The summed E-state index contributed by atoms with van der Waals surface area (Å²) in [5.41, 5.74) is 5.14.